The van der Waals surface area contributed by atoms with Crippen LogP contribution in [0.15, 0.2) is 24.3 Å². The molecule has 0 radical (unpaired) electrons. The second-order valence-electron chi connectivity index (χ2n) is 4.87. The molecule has 0 spiro atoms. The van der Waals surface area contributed by atoms with E-state index in [1.54, 1.807) is 12.1 Å². The van der Waals surface area contributed by atoms with Gasteiger partial charge in [0.2, 0.25) is 0 Å². The van der Waals surface area contributed by atoms with Gasteiger partial charge >= 0.3 is 5.97 Å². The second-order valence-corrected chi connectivity index (χ2v) is 4.87. The number of aliphatic carboxylic acids is 1. The molecule has 0 unspecified atom stereocenters. The Hall–Kier alpha value is -1.51. The van der Waals surface area contributed by atoms with Crippen molar-refractivity contribution in [1.29, 1.82) is 0 Å². The van der Waals surface area contributed by atoms with E-state index in [0.29, 0.717) is 5.75 Å². The van der Waals surface area contributed by atoms with Crippen molar-refractivity contribution in [2.75, 3.05) is 0 Å². The topological polar surface area (TPSA) is 46.5 Å². The summed E-state index contributed by atoms with van der Waals surface area (Å²) in [5.74, 6) is -0.372. The highest BCUT2D eigenvalue weighted by molar-refractivity contribution is 5.72. The summed E-state index contributed by atoms with van der Waals surface area (Å²) in [6.45, 7) is 7.90. The van der Waals surface area contributed by atoms with Crippen LogP contribution in [0.4, 0.5) is 0 Å². The summed E-state index contributed by atoms with van der Waals surface area (Å²) in [4.78, 5) is 10.6. The van der Waals surface area contributed by atoms with Crippen molar-refractivity contribution in [2.24, 2.45) is 0 Å². The number of carboxylic acids is 1. The molecule has 1 aromatic rings. The van der Waals surface area contributed by atoms with E-state index in [4.69, 9.17) is 9.84 Å². The Morgan fingerprint density at radius 3 is 2.12 bits per heavy atom. The van der Waals surface area contributed by atoms with Crippen LogP contribution >= 0.6 is 0 Å². The molecule has 16 heavy (non-hydrogen) atoms. The lowest BCUT2D eigenvalue weighted by Crippen LogP contribution is -2.22. The zero-order valence-corrected chi connectivity index (χ0v) is 10.2. The number of hydrogen-bond acceptors (Lipinski definition) is 2. The normalized spacial score (nSPS) is 13.2. The minimum absolute atomic E-state index is 0.0942. The first-order chi connectivity index (χ1) is 7.30. The number of hydrogen-bond donors (Lipinski definition) is 1. The summed E-state index contributed by atoms with van der Waals surface area (Å²) in [6, 6.07) is 7.54. The van der Waals surface area contributed by atoms with E-state index in [1.807, 2.05) is 12.1 Å². The first kappa shape index (κ1) is 12.6. The van der Waals surface area contributed by atoms with Crippen molar-refractivity contribution < 1.29 is 14.6 Å². The first-order valence-electron chi connectivity index (χ1n) is 5.30. The number of carboxylic acid groups (broad SMARTS) is 1. The Balaban J connectivity index is 2.76. The largest absolute Gasteiger partial charge is 0.479 e. The minimum Gasteiger partial charge on any atom is -0.479 e. The molecule has 0 saturated carbocycles. The van der Waals surface area contributed by atoms with Gasteiger partial charge in [0, 0.05) is 0 Å². The lowest BCUT2D eigenvalue weighted by molar-refractivity contribution is -0.144. The lowest BCUT2D eigenvalue weighted by atomic mass is 9.87. The molecular weight excluding hydrogens is 204 g/mol. The number of carbonyl (C=O) groups is 1. The predicted octanol–water partition coefficient (Wildman–Crippen LogP) is 2.84. The highest BCUT2D eigenvalue weighted by atomic mass is 16.5. The third-order valence-electron chi connectivity index (χ3n) is 2.38. The first-order valence-corrected chi connectivity index (χ1v) is 5.30. The van der Waals surface area contributed by atoms with Crippen molar-refractivity contribution in [3.05, 3.63) is 29.8 Å². The number of benzene rings is 1. The average molecular weight is 222 g/mol. The Morgan fingerprint density at radius 1 is 1.25 bits per heavy atom. The van der Waals surface area contributed by atoms with E-state index in [2.05, 4.69) is 20.8 Å². The monoisotopic (exact) mass is 222 g/mol. The molecule has 3 heteroatoms. The van der Waals surface area contributed by atoms with Gasteiger partial charge in [-0.3, -0.25) is 0 Å². The fourth-order valence-electron chi connectivity index (χ4n) is 1.29. The molecule has 1 N–H and O–H groups in total. The van der Waals surface area contributed by atoms with E-state index >= 15 is 0 Å². The standard InChI is InChI=1S/C13H18O3/c1-9(12(14)15)16-11-7-5-10(6-8-11)13(2,3)4/h5-9H,1-4H3,(H,14,15)/t9-/m1/s1. The summed E-state index contributed by atoms with van der Waals surface area (Å²) in [6.07, 6.45) is -0.819. The van der Waals surface area contributed by atoms with Crippen LogP contribution in [0, 0.1) is 0 Å². The van der Waals surface area contributed by atoms with Crippen molar-refractivity contribution in [1.82, 2.24) is 0 Å². The van der Waals surface area contributed by atoms with Crippen LogP contribution < -0.4 is 4.74 Å². The van der Waals surface area contributed by atoms with Crippen LogP contribution in [-0.2, 0) is 10.2 Å². The third kappa shape index (κ3) is 3.26. The Morgan fingerprint density at radius 2 is 1.75 bits per heavy atom. The zero-order valence-electron chi connectivity index (χ0n) is 10.2. The molecular formula is C13H18O3. The SMILES string of the molecule is C[C@@H](Oc1ccc(C(C)(C)C)cc1)C(=O)O. The summed E-state index contributed by atoms with van der Waals surface area (Å²) in [7, 11) is 0. The van der Waals surface area contributed by atoms with Crippen molar-refractivity contribution in [3.8, 4) is 5.75 Å². The summed E-state index contributed by atoms with van der Waals surface area (Å²) >= 11 is 0. The number of ether oxygens (including phenoxy) is 1. The van der Waals surface area contributed by atoms with Crippen LogP contribution in [0.2, 0.25) is 0 Å². The van der Waals surface area contributed by atoms with Gasteiger partial charge in [0.25, 0.3) is 0 Å². The minimum atomic E-state index is -0.958. The molecule has 0 aliphatic rings. The van der Waals surface area contributed by atoms with Crippen molar-refractivity contribution in [3.63, 3.8) is 0 Å². The Kier molecular flexibility index (Phi) is 3.58. The molecule has 0 heterocycles. The van der Waals surface area contributed by atoms with Gasteiger partial charge < -0.3 is 9.84 Å². The van der Waals surface area contributed by atoms with Crippen LogP contribution in [0.3, 0.4) is 0 Å². The molecule has 88 valence electrons. The maximum atomic E-state index is 10.6. The number of rotatable bonds is 3. The quantitative estimate of drug-likeness (QED) is 0.855. The lowest BCUT2D eigenvalue weighted by Gasteiger charge is -2.19. The molecule has 3 nitrogen and oxygen atoms in total. The van der Waals surface area contributed by atoms with Gasteiger partial charge in [-0.15, -0.1) is 0 Å². The van der Waals surface area contributed by atoms with Gasteiger partial charge in [0.05, 0.1) is 0 Å². The summed E-state index contributed by atoms with van der Waals surface area (Å²) in [5, 5.41) is 8.70. The average Bonchev–Trinajstić information content (AvgIpc) is 2.17. The maximum Gasteiger partial charge on any atom is 0.344 e. The zero-order chi connectivity index (χ0) is 12.3. The second kappa shape index (κ2) is 4.56. The molecule has 0 bridgehead atoms. The van der Waals surface area contributed by atoms with Crippen LogP contribution in [0.1, 0.15) is 33.3 Å². The highest BCUT2D eigenvalue weighted by Gasteiger charge is 2.15. The van der Waals surface area contributed by atoms with Crippen LogP contribution in [0.5, 0.6) is 5.75 Å². The van der Waals surface area contributed by atoms with Gasteiger partial charge in [-0.2, -0.15) is 0 Å². The molecule has 1 atom stereocenters. The fourth-order valence-corrected chi connectivity index (χ4v) is 1.29. The molecule has 0 amide bonds. The van der Waals surface area contributed by atoms with E-state index in [-0.39, 0.29) is 5.41 Å². The van der Waals surface area contributed by atoms with E-state index in [9.17, 15) is 4.79 Å². The van der Waals surface area contributed by atoms with E-state index in [0.717, 1.165) is 0 Å². The van der Waals surface area contributed by atoms with Crippen molar-refractivity contribution >= 4 is 5.97 Å². The highest BCUT2D eigenvalue weighted by Crippen LogP contribution is 2.24. The van der Waals surface area contributed by atoms with Gasteiger partial charge in [0.1, 0.15) is 5.75 Å². The third-order valence-corrected chi connectivity index (χ3v) is 2.38. The van der Waals surface area contributed by atoms with Crippen LogP contribution in [0.25, 0.3) is 0 Å². The van der Waals surface area contributed by atoms with Crippen LogP contribution in [-0.4, -0.2) is 17.2 Å². The van der Waals surface area contributed by atoms with Gasteiger partial charge in [0.15, 0.2) is 6.10 Å². The molecule has 1 aromatic carbocycles. The molecule has 1 rings (SSSR count). The maximum absolute atomic E-state index is 10.6. The Labute approximate surface area is 96.1 Å². The molecule has 0 aromatic heterocycles. The van der Waals surface area contributed by atoms with E-state index in [1.165, 1.54) is 12.5 Å². The molecule has 0 aliphatic heterocycles. The van der Waals surface area contributed by atoms with E-state index < -0.39 is 12.1 Å². The molecule has 0 aliphatic carbocycles. The van der Waals surface area contributed by atoms with Gasteiger partial charge in [-0.1, -0.05) is 32.9 Å². The summed E-state index contributed by atoms with van der Waals surface area (Å²) < 4.78 is 5.24. The summed E-state index contributed by atoms with van der Waals surface area (Å²) in [5.41, 5.74) is 1.29. The smallest absolute Gasteiger partial charge is 0.344 e. The van der Waals surface area contributed by atoms with Gasteiger partial charge in [-0.25, -0.2) is 4.79 Å². The predicted molar refractivity (Wildman–Crippen MR) is 62.9 cm³/mol. The van der Waals surface area contributed by atoms with Gasteiger partial charge in [-0.05, 0) is 30.0 Å². The Bertz CT molecular complexity index is 360. The fraction of sp³-hybridized carbons (Fsp3) is 0.462. The van der Waals surface area contributed by atoms with Crippen molar-refractivity contribution in [2.45, 2.75) is 39.2 Å². The molecule has 0 saturated heterocycles. The molecule has 0 fully saturated rings.